The number of nitrogens with one attached hydrogen (secondary N) is 1. The molecule has 29 heavy (non-hydrogen) atoms. The number of benzene rings is 2. The number of fused-ring (bicyclic) bond motifs is 1. The van der Waals surface area contributed by atoms with Gasteiger partial charge in [-0.05, 0) is 45.8 Å². The standard InChI is InChI=1S/C19H16BrF3N2O3S/c1-28-18-12(9-19(21,22)23)8-16(20)17-15(18)7-13(10-24-17)11-3-5-14(6-4-11)25-29(2,26)27/h3-8,10,25H,9H2,1-2H3. The molecule has 0 unspecified atom stereocenters. The third-order valence-electron chi connectivity index (χ3n) is 4.07. The lowest BCUT2D eigenvalue weighted by Crippen LogP contribution is -2.12. The lowest BCUT2D eigenvalue weighted by atomic mass is 10.0. The smallest absolute Gasteiger partial charge is 0.393 e. The number of ether oxygens (including phenoxy) is 1. The van der Waals surface area contributed by atoms with Crippen molar-refractivity contribution < 1.29 is 26.3 Å². The number of anilines is 1. The van der Waals surface area contributed by atoms with Gasteiger partial charge in [-0.15, -0.1) is 0 Å². The molecule has 5 nitrogen and oxygen atoms in total. The van der Waals surface area contributed by atoms with Crippen LogP contribution in [0.15, 0.2) is 47.1 Å². The summed E-state index contributed by atoms with van der Waals surface area (Å²) in [6.07, 6.45) is -2.86. The van der Waals surface area contributed by atoms with E-state index in [1.807, 2.05) is 0 Å². The van der Waals surface area contributed by atoms with Crippen molar-refractivity contribution in [3.05, 3.63) is 52.6 Å². The average Bonchev–Trinajstić information content (AvgIpc) is 2.59. The van der Waals surface area contributed by atoms with Crippen LogP contribution in [0.2, 0.25) is 0 Å². The van der Waals surface area contributed by atoms with Crippen LogP contribution in [-0.4, -0.2) is 32.9 Å². The lowest BCUT2D eigenvalue weighted by Gasteiger charge is -2.15. The highest BCUT2D eigenvalue weighted by molar-refractivity contribution is 9.10. The Balaban J connectivity index is 2.09. The Hall–Kier alpha value is -2.33. The number of aromatic nitrogens is 1. The van der Waals surface area contributed by atoms with Gasteiger partial charge in [-0.2, -0.15) is 13.2 Å². The maximum atomic E-state index is 13.0. The van der Waals surface area contributed by atoms with Crippen LogP contribution in [0.5, 0.6) is 5.75 Å². The highest BCUT2D eigenvalue weighted by Gasteiger charge is 2.30. The van der Waals surface area contributed by atoms with Crippen LogP contribution in [0.25, 0.3) is 22.0 Å². The van der Waals surface area contributed by atoms with Crippen LogP contribution in [0, 0.1) is 0 Å². The summed E-state index contributed by atoms with van der Waals surface area (Å²) >= 11 is 3.29. The lowest BCUT2D eigenvalue weighted by molar-refractivity contribution is -0.127. The molecule has 3 aromatic rings. The van der Waals surface area contributed by atoms with E-state index in [9.17, 15) is 21.6 Å². The number of pyridine rings is 1. The first-order valence-electron chi connectivity index (χ1n) is 8.27. The summed E-state index contributed by atoms with van der Waals surface area (Å²) in [6, 6.07) is 9.63. The molecule has 0 atom stereocenters. The van der Waals surface area contributed by atoms with E-state index < -0.39 is 22.6 Å². The van der Waals surface area contributed by atoms with Crippen LogP contribution in [-0.2, 0) is 16.4 Å². The first kappa shape index (κ1) is 21.4. The fraction of sp³-hybridized carbons (Fsp3) is 0.211. The molecule has 154 valence electrons. The van der Waals surface area contributed by atoms with Gasteiger partial charge < -0.3 is 4.74 Å². The van der Waals surface area contributed by atoms with Gasteiger partial charge in [0, 0.05) is 32.9 Å². The fourth-order valence-electron chi connectivity index (χ4n) is 2.98. The van der Waals surface area contributed by atoms with Crippen molar-refractivity contribution in [2.45, 2.75) is 12.6 Å². The molecule has 0 amide bonds. The number of alkyl halides is 3. The minimum atomic E-state index is -4.38. The number of hydrogen-bond donors (Lipinski definition) is 1. The zero-order valence-electron chi connectivity index (χ0n) is 15.3. The molecule has 1 heterocycles. The minimum Gasteiger partial charge on any atom is -0.496 e. The molecule has 0 fully saturated rings. The van der Waals surface area contributed by atoms with Crippen LogP contribution >= 0.6 is 15.9 Å². The van der Waals surface area contributed by atoms with E-state index in [1.165, 1.54) is 13.2 Å². The van der Waals surface area contributed by atoms with Crippen LogP contribution in [0.3, 0.4) is 0 Å². The summed E-state index contributed by atoms with van der Waals surface area (Å²) in [7, 11) is -2.07. The maximum Gasteiger partial charge on any atom is 0.393 e. The number of hydrogen-bond acceptors (Lipinski definition) is 4. The normalized spacial score (nSPS) is 12.2. The van der Waals surface area contributed by atoms with E-state index in [2.05, 4.69) is 25.6 Å². The second-order valence-corrected chi connectivity index (χ2v) is 9.02. The van der Waals surface area contributed by atoms with Crippen molar-refractivity contribution >= 4 is 42.5 Å². The minimum absolute atomic E-state index is 0.00558. The van der Waals surface area contributed by atoms with Gasteiger partial charge in [-0.3, -0.25) is 9.71 Å². The molecule has 1 N–H and O–H groups in total. The topological polar surface area (TPSA) is 68.3 Å². The molecule has 0 radical (unpaired) electrons. The van der Waals surface area contributed by atoms with Gasteiger partial charge >= 0.3 is 6.18 Å². The van der Waals surface area contributed by atoms with Crippen molar-refractivity contribution in [3.8, 4) is 16.9 Å². The molecule has 10 heteroatoms. The SMILES string of the molecule is COc1c(CC(F)(F)F)cc(Br)c2ncc(-c3ccc(NS(C)(=O)=O)cc3)cc12. The molecule has 2 aromatic carbocycles. The third-order valence-corrected chi connectivity index (χ3v) is 5.28. The second-order valence-electron chi connectivity index (χ2n) is 6.41. The predicted molar refractivity (Wildman–Crippen MR) is 110 cm³/mol. The molecule has 0 saturated heterocycles. The van der Waals surface area contributed by atoms with Crippen LogP contribution in [0.1, 0.15) is 5.56 Å². The molecule has 0 saturated carbocycles. The predicted octanol–water partition coefficient (Wildman–Crippen LogP) is 5.15. The highest BCUT2D eigenvalue weighted by Crippen LogP contribution is 2.39. The molecule has 0 aliphatic rings. The van der Waals surface area contributed by atoms with Crippen molar-refractivity contribution in [1.82, 2.24) is 4.98 Å². The van der Waals surface area contributed by atoms with Gasteiger partial charge in [-0.1, -0.05) is 12.1 Å². The van der Waals surface area contributed by atoms with Gasteiger partial charge in [0.1, 0.15) is 5.75 Å². The molecule has 1 aromatic heterocycles. The Morgan fingerprint density at radius 3 is 2.34 bits per heavy atom. The number of rotatable bonds is 5. The zero-order valence-corrected chi connectivity index (χ0v) is 17.7. The van der Waals surface area contributed by atoms with Crippen molar-refractivity contribution in [1.29, 1.82) is 0 Å². The molecule has 0 bridgehead atoms. The Morgan fingerprint density at radius 1 is 1.14 bits per heavy atom. The van der Waals surface area contributed by atoms with E-state index in [-0.39, 0.29) is 11.3 Å². The van der Waals surface area contributed by atoms with Crippen LogP contribution < -0.4 is 9.46 Å². The molecule has 0 spiro atoms. The summed E-state index contributed by atoms with van der Waals surface area (Å²) in [5.74, 6) is 0.116. The Bertz CT molecular complexity index is 1160. The Labute approximate surface area is 174 Å². The largest absolute Gasteiger partial charge is 0.496 e. The zero-order chi connectivity index (χ0) is 21.4. The summed E-state index contributed by atoms with van der Waals surface area (Å²) in [5.41, 5.74) is 2.26. The number of methoxy groups -OCH3 is 1. The number of sulfonamides is 1. The van der Waals surface area contributed by atoms with Gasteiger partial charge in [0.05, 0.1) is 25.3 Å². The average molecular weight is 489 g/mol. The molecular weight excluding hydrogens is 473 g/mol. The Kier molecular flexibility index (Phi) is 5.77. The fourth-order valence-corrected chi connectivity index (χ4v) is 4.14. The Morgan fingerprint density at radius 2 is 1.79 bits per heavy atom. The summed E-state index contributed by atoms with van der Waals surface area (Å²) in [6.45, 7) is 0. The molecule has 0 aliphatic heterocycles. The van der Waals surface area contributed by atoms with Crippen molar-refractivity contribution in [2.24, 2.45) is 0 Å². The van der Waals surface area contributed by atoms with Crippen molar-refractivity contribution in [2.75, 3.05) is 18.1 Å². The summed E-state index contributed by atoms with van der Waals surface area (Å²) in [4.78, 5) is 4.37. The second kappa shape index (κ2) is 7.83. The van der Waals surface area contributed by atoms with E-state index in [4.69, 9.17) is 4.74 Å². The van der Waals surface area contributed by atoms with Gasteiger partial charge in [-0.25, -0.2) is 8.42 Å². The van der Waals surface area contributed by atoms with E-state index >= 15 is 0 Å². The first-order valence-corrected chi connectivity index (χ1v) is 11.0. The van der Waals surface area contributed by atoms with Crippen LogP contribution in [0.4, 0.5) is 18.9 Å². The molecular formula is C19H16BrF3N2O3S. The molecule has 3 rings (SSSR count). The van der Waals surface area contributed by atoms with Gasteiger partial charge in [0.2, 0.25) is 10.0 Å². The van der Waals surface area contributed by atoms with Gasteiger partial charge in [0.25, 0.3) is 0 Å². The summed E-state index contributed by atoms with van der Waals surface area (Å²) in [5, 5.41) is 0.442. The van der Waals surface area contributed by atoms with E-state index in [1.54, 1.807) is 36.5 Å². The highest BCUT2D eigenvalue weighted by atomic mass is 79.9. The third kappa shape index (κ3) is 5.18. The number of halogens is 4. The first-order chi connectivity index (χ1) is 13.5. The molecule has 0 aliphatic carbocycles. The van der Waals surface area contributed by atoms with E-state index in [0.717, 1.165) is 11.8 Å². The monoisotopic (exact) mass is 488 g/mol. The van der Waals surface area contributed by atoms with Crippen molar-refractivity contribution in [3.63, 3.8) is 0 Å². The van der Waals surface area contributed by atoms with E-state index in [0.29, 0.717) is 26.6 Å². The van der Waals surface area contributed by atoms with Gasteiger partial charge in [0.15, 0.2) is 0 Å². The quantitative estimate of drug-likeness (QED) is 0.539. The maximum absolute atomic E-state index is 13.0. The summed E-state index contributed by atoms with van der Waals surface area (Å²) < 4.78 is 69.6. The number of nitrogens with zero attached hydrogens (tertiary/aromatic N) is 1.